The van der Waals surface area contributed by atoms with Gasteiger partial charge >= 0.3 is 0 Å². The number of rotatable bonds is 4. The minimum atomic E-state index is -0.619. The first-order valence-corrected chi connectivity index (χ1v) is 8.51. The second kappa shape index (κ2) is 6.40. The molecule has 3 heterocycles. The number of fused-ring (bicyclic) bond motifs is 1. The molecule has 0 amide bonds. The molecule has 0 spiro atoms. The Labute approximate surface area is 144 Å². The van der Waals surface area contributed by atoms with Gasteiger partial charge in [-0.1, -0.05) is 12.1 Å². The number of benzene rings is 1. The molecule has 1 N–H and O–H groups in total. The Bertz CT molecular complexity index is 879. The van der Waals surface area contributed by atoms with Crippen LogP contribution in [0.4, 0.5) is 10.2 Å². The van der Waals surface area contributed by atoms with Gasteiger partial charge in [0.15, 0.2) is 11.5 Å². The fourth-order valence-corrected chi connectivity index (χ4v) is 3.50. The highest BCUT2D eigenvalue weighted by molar-refractivity contribution is 5.47. The van der Waals surface area contributed by atoms with Crippen molar-refractivity contribution in [1.29, 1.82) is 0 Å². The smallest absolute Gasteiger partial charge is 0.178 e. The van der Waals surface area contributed by atoms with Gasteiger partial charge in [-0.2, -0.15) is 4.52 Å². The lowest BCUT2D eigenvalue weighted by Crippen LogP contribution is -2.31. The summed E-state index contributed by atoms with van der Waals surface area (Å²) >= 11 is 0. The molecule has 4 rings (SSSR count). The summed E-state index contributed by atoms with van der Waals surface area (Å²) in [5, 5.41) is 23.3. The van der Waals surface area contributed by atoms with Crippen LogP contribution in [0.5, 0.6) is 0 Å². The maximum absolute atomic E-state index is 13.1. The summed E-state index contributed by atoms with van der Waals surface area (Å²) < 4.78 is 14.8. The van der Waals surface area contributed by atoms with E-state index in [1.54, 1.807) is 16.6 Å². The molecule has 2 aromatic heterocycles. The van der Waals surface area contributed by atoms with Gasteiger partial charge in [0.05, 0.1) is 6.10 Å². The van der Waals surface area contributed by atoms with Crippen LogP contribution in [0, 0.1) is 12.7 Å². The predicted octanol–water partition coefficient (Wildman–Crippen LogP) is 2.66. The van der Waals surface area contributed by atoms with Gasteiger partial charge in [0, 0.05) is 12.6 Å². The third kappa shape index (κ3) is 3.07. The van der Waals surface area contributed by atoms with Crippen molar-refractivity contribution in [2.45, 2.75) is 38.3 Å². The second-order valence-electron chi connectivity index (χ2n) is 6.50. The lowest BCUT2D eigenvalue weighted by molar-refractivity contribution is 0.158. The third-order valence-electron chi connectivity index (χ3n) is 4.83. The maximum atomic E-state index is 13.1. The molecule has 0 saturated carbocycles. The molecule has 25 heavy (non-hydrogen) atoms. The number of hydrogen-bond acceptors (Lipinski definition) is 5. The van der Waals surface area contributed by atoms with E-state index in [1.807, 2.05) is 19.1 Å². The van der Waals surface area contributed by atoms with Gasteiger partial charge in [0.25, 0.3) is 0 Å². The van der Waals surface area contributed by atoms with Gasteiger partial charge in [-0.3, -0.25) is 0 Å². The van der Waals surface area contributed by atoms with E-state index in [2.05, 4.69) is 20.2 Å². The quantitative estimate of drug-likeness (QED) is 0.790. The third-order valence-corrected chi connectivity index (χ3v) is 4.83. The molecule has 1 aliphatic rings. The topological polar surface area (TPSA) is 66.5 Å². The lowest BCUT2D eigenvalue weighted by Gasteiger charge is -2.27. The van der Waals surface area contributed by atoms with Gasteiger partial charge in [-0.25, -0.2) is 4.39 Å². The van der Waals surface area contributed by atoms with E-state index < -0.39 is 6.10 Å². The number of aryl methyl sites for hydroxylation is 1. The number of aliphatic hydroxyl groups excluding tert-OH is 1. The molecule has 130 valence electrons. The molecular formula is C18H20FN5O. The van der Waals surface area contributed by atoms with Crippen LogP contribution in [-0.2, 0) is 0 Å². The molecule has 6 nitrogen and oxygen atoms in total. The molecule has 1 saturated heterocycles. The highest BCUT2D eigenvalue weighted by atomic mass is 19.1. The first-order valence-electron chi connectivity index (χ1n) is 8.51. The molecule has 0 unspecified atom stereocenters. The molecule has 1 fully saturated rings. The van der Waals surface area contributed by atoms with E-state index >= 15 is 0 Å². The van der Waals surface area contributed by atoms with Gasteiger partial charge in [-0.15, -0.1) is 15.3 Å². The lowest BCUT2D eigenvalue weighted by atomic mass is 10.0. The zero-order chi connectivity index (χ0) is 17.4. The zero-order valence-corrected chi connectivity index (χ0v) is 14.0. The van der Waals surface area contributed by atoms with E-state index in [4.69, 9.17) is 0 Å². The van der Waals surface area contributed by atoms with Crippen LogP contribution >= 0.6 is 0 Å². The largest absolute Gasteiger partial charge is 0.388 e. The van der Waals surface area contributed by atoms with Crippen molar-refractivity contribution >= 4 is 11.5 Å². The summed E-state index contributed by atoms with van der Waals surface area (Å²) in [5.74, 6) is 1.32. The maximum Gasteiger partial charge on any atom is 0.178 e. The summed E-state index contributed by atoms with van der Waals surface area (Å²) in [5.41, 5.74) is 1.47. The molecule has 0 radical (unpaired) electrons. The van der Waals surface area contributed by atoms with E-state index in [9.17, 15) is 9.50 Å². The van der Waals surface area contributed by atoms with Crippen molar-refractivity contribution in [1.82, 2.24) is 19.8 Å². The number of aliphatic hydroxyl groups is 1. The van der Waals surface area contributed by atoms with E-state index in [-0.39, 0.29) is 11.9 Å². The number of halogens is 1. The van der Waals surface area contributed by atoms with Gasteiger partial charge in [0.1, 0.15) is 11.6 Å². The number of aromatic nitrogens is 4. The van der Waals surface area contributed by atoms with E-state index in [0.29, 0.717) is 6.42 Å². The van der Waals surface area contributed by atoms with Crippen LogP contribution in [0.15, 0.2) is 36.4 Å². The predicted molar refractivity (Wildman–Crippen MR) is 91.9 cm³/mol. The molecule has 0 aliphatic carbocycles. The molecular weight excluding hydrogens is 321 g/mol. The Hall–Kier alpha value is -2.54. The minimum Gasteiger partial charge on any atom is -0.388 e. The fraction of sp³-hybridized carbons (Fsp3) is 0.389. The second-order valence-corrected chi connectivity index (χ2v) is 6.50. The van der Waals surface area contributed by atoms with Crippen LogP contribution < -0.4 is 4.90 Å². The van der Waals surface area contributed by atoms with Crippen LogP contribution in [0.25, 0.3) is 5.65 Å². The Morgan fingerprint density at radius 2 is 2.00 bits per heavy atom. The molecule has 2 atom stereocenters. The molecule has 1 aliphatic heterocycles. The van der Waals surface area contributed by atoms with Gasteiger partial charge in [-0.05, 0) is 56.0 Å². The summed E-state index contributed by atoms with van der Waals surface area (Å²) in [6.07, 6.45) is 2.03. The minimum absolute atomic E-state index is 0.196. The van der Waals surface area contributed by atoms with Crippen molar-refractivity contribution < 1.29 is 9.50 Å². The standard InChI is InChI=1S/C18H20FN5O/c1-12-20-21-17-8-9-18(22-24(12)17)23-10-2-3-15(23)11-16(25)13-4-6-14(19)7-5-13/h4-9,15-16,25H,2-3,10-11H2,1H3/t15-,16-/m1/s1. The normalized spacial score (nSPS) is 18.8. The zero-order valence-electron chi connectivity index (χ0n) is 14.0. The molecule has 1 aromatic carbocycles. The SMILES string of the molecule is Cc1nnc2ccc(N3CCC[C@@H]3C[C@@H](O)c3ccc(F)cc3)nn12. The van der Waals surface area contributed by atoms with Crippen molar-refractivity contribution in [2.75, 3.05) is 11.4 Å². The average molecular weight is 341 g/mol. The number of nitrogens with zero attached hydrogens (tertiary/aromatic N) is 5. The first kappa shape index (κ1) is 16.0. The van der Waals surface area contributed by atoms with Crippen LogP contribution in [0.2, 0.25) is 0 Å². The molecule has 0 bridgehead atoms. The first-order chi connectivity index (χ1) is 12.1. The van der Waals surface area contributed by atoms with Crippen LogP contribution in [0.1, 0.15) is 36.8 Å². The highest BCUT2D eigenvalue weighted by Crippen LogP contribution is 2.30. The van der Waals surface area contributed by atoms with Crippen molar-refractivity contribution in [2.24, 2.45) is 0 Å². The fourth-order valence-electron chi connectivity index (χ4n) is 3.50. The summed E-state index contributed by atoms with van der Waals surface area (Å²) in [6, 6.07) is 10.1. The summed E-state index contributed by atoms with van der Waals surface area (Å²) in [6.45, 7) is 2.77. The number of hydrogen-bond donors (Lipinski definition) is 1. The highest BCUT2D eigenvalue weighted by Gasteiger charge is 2.28. The van der Waals surface area contributed by atoms with Gasteiger partial charge < -0.3 is 10.0 Å². The molecule has 7 heteroatoms. The summed E-state index contributed by atoms with van der Waals surface area (Å²) in [7, 11) is 0. The molecule has 3 aromatic rings. The monoisotopic (exact) mass is 341 g/mol. The van der Waals surface area contributed by atoms with E-state index in [1.165, 1.54) is 12.1 Å². The van der Waals surface area contributed by atoms with Gasteiger partial charge in [0.2, 0.25) is 0 Å². The van der Waals surface area contributed by atoms with E-state index in [0.717, 1.165) is 42.2 Å². The van der Waals surface area contributed by atoms with Crippen LogP contribution in [-0.4, -0.2) is 37.5 Å². The Balaban J connectivity index is 1.54. The Morgan fingerprint density at radius 1 is 1.20 bits per heavy atom. The van der Waals surface area contributed by atoms with Crippen LogP contribution in [0.3, 0.4) is 0 Å². The van der Waals surface area contributed by atoms with Crippen molar-refractivity contribution in [3.05, 3.63) is 53.6 Å². The Morgan fingerprint density at radius 3 is 2.80 bits per heavy atom. The summed E-state index contributed by atoms with van der Waals surface area (Å²) in [4.78, 5) is 2.23. The Kier molecular flexibility index (Phi) is 4.09. The van der Waals surface area contributed by atoms with Crippen molar-refractivity contribution in [3.63, 3.8) is 0 Å². The van der Waals surface area contributed by atoms with Crippen molar-refractivity contribution in [3.8, 4) is 0 Å². The number of anilines is 1. The average Bonchev–Trinajstić information content (AvgIpc) is 3.22.